The summed E-state index contributed by atoms with van der Waals surface area (Å²) >= 11 is 0. The average Bonchev–Trinajstić information content (AvgIpc) is 2.37. The lowest BCUT2D eigenvalue weighted by Crippen LogP contribution is -2.31. The van der Waals surface area contributed by atoms with Gasteiger partial charge in [-0.1, -0.05) is 26.0 Å². The molecular weight excluding hydrogens is 228 g/mol. The van der Waals surface area contributed by atoms with Gasteiger partial charge in [0.2, 0.25) is 5.91 Å². The van der Waals surface area contributed by atoms with Crippen molar-refractivity contribution in [1.82, 2.24) is 0 Å². The molecule has 1 aromatic carbocycles. The largest absolute Gasteiger partial charge is 0.388 e. The van der Waals surface area contributed by atoms with E-state index >= 15 is 0 Å². The van der Waals surface area contributed by atoms with Gasteiger partial charge in [-0.15, -0.1) is 0 Å². The summed E-state index contributed by atoms with van der Waals surface area (Å²) < 4.78 is 0. The Morgan fingerprint density at radius 3 is 2.83 bits per heavy atom. The van der Waals surface area contributed by atoms with Crippen LogP contribution in [0.4, 0.5) is 5.69 Å². The van der Waals surface area contributed by atoms with Gasteiger partial charge >= 0.3 is 0 Å². The lowest BCUT2D eigenvalue weighted by Gasteiger charge is -2.30. The maximum atomic E-state index is 11.3. The number of fused-ring (bicyclic) bond motifs is 1. The number of amides is 1. The monoisotopic (exact) mass is 248 g/mol. The van der Waals surface area contributed by atoms with Crippen LogP contribution in [0.2, 0.25) is 0 Å². The molecule has 2 rings (SSSR count). The number of aryl methyl sites for hydroxylation is 1. The highest BCUT2D eigenvalue weighted by atomic mass is 16.3. The molecule has 4 heteroatoms. The number of aliphatic hydroxyl groups is 1. The zero-order valence-electron chi connectivity index (χ0n) is 10.9. The number of hydrogen-bond donors (Lipinski definition) is 3. The Balaban J connectivity index is 2.29. The third kappa shape index (κ3) is 2.40. The smallest absolute Gasteiger partial charge is 0.224 e. The van der Waals surface area contributed by atoms with Gasteiger partial charge in [0.15, 0.2) is 0 Å². The maximum Gasteiger partial charge on any atom is 0.224 e. The first kappa shape index (κ1) is 13.1. The Hall–Kier alpha value is -1.39. The van der Waals surface area contributed by atoms with Crippen molar-refractivity contribution in [2.45, 2.75) is 32.8 Å². The van der Waals surface area contributed by atoms with Crippen molar-refractivity contribution in [2.24, 2.45) is 11.1 Å². The third-order valence-corrected chi connectivity index (χ3v) is 3.61. The van der Waals surface area contributed by atoms with Crippen LogP contribution >= 0.6 is 0 Å². The van der Waals surface area contributed by atoms with Crippen LogP contribution in [0.3, 0.4) is 0 Å². The fourth-order valence-electron chi connectivity index (χ4n) is 2.14. The van der Waals surface area contributed by atoms with Crippen LogP contribution in [0.1, 0.15) is 37.5 Å². The van der Waals surface area contributed by atoms with Gasteiger partial charge < -0.3 is 16.2 Å². The predicted octanol–water partition coefficient (Wildman–Crippen LogP) is 1.59. The van der Waals surface area contributed by atoms with E-state index < -0.39 is 6.10 Å². The molecule has 0 aromatic heterocycles. The van der Waals surface area contributed by atoms with Crippen molar-refractivity contribution in [1.29, 1.82) is 0 Å². The summed E-state index contributed by atoms with van der Waals surface area (Å²) in [7, 11) is 0. The van der Waals surface area contributed by atoms with E-state index in [2.05, 4.69) is 5.32 Å². The number of rotatable bonds is 3. The Labute approximate surface area is 107 Å². The topological polar surface area (TPSA) is 75.3 Å². The van der Waals surface area contributed by atoms with Gasteiger partial charge in [0.25, 0.3) is 0 Å². The molecule has 18 heavy (non-hydrogen) atoms. The summed E-state index contributed by atoms with van der Waals surface area (Å²) in [6.45, 7) is 4.31. The van der Waals surface area contributed by atoms with Gasteiger partial charge in [0.1, 0.15) is 0 Å². The van der Waals surface area contributed by atoms with Gasteiger partial charge in [-0.2, -0.15) is 0 Å². The van der Waals surface area contributed by atoms with Crippen molar-refractivity contribution in [3.05, 3.63) is 29.3 Å². The second kappa shape index (κ2) is 4.71. The van der Waals surface area contributed by atoms with Crippen LogP contribution in [0.15, 0.2) is 18.2 Å². The minimum absolute atomic E-state index is 0.0538. The first-order valence-corrected chi connectivity index (χ1v) is 6.25. The van der Waals surface area contributed by atoms with E-state index in [-0.39, 0.29) is 11.3 Å². The summed E-state index contributed by atoms with van der Waals surface area (Å²) in [6, 6.07) is 5.68. The normalized spacial score (nSPS) is 17.0. The molecule has 1 aromatic rings. The van der Waals surface area contributed by atoms with Gasteiger partial charge in [-0.3, -0.25) is 4.79 Å². The molecule has 0 saturated heterocycles. The number of hydrogen-bond acceptors (Lipinski definition) is 3. The molecule has 0 fully saturated rings. The van der Waals surface area contributed by atoms with Crippen LogP contribution in [0, 0.1) is 5.41 Å². The molecule has 0 radical (unpaired) electrons. The molecule has 1 aliphatic rings. The van der Waals surface area contributed by atoms with Gasteiger partial charge in [-0.05, 0) is 23.6 Å². The number of nitrogens with two attached hydrogens (primary N) is 1. The summed E-state index contributed by atoms with van der Waals surface area (Å²) in [6.07, 6.45) is 0.642. The highest BCUT2D eigenvalue weighted by Gasteiger charge is 2.28. The number of nitrogens with one attached hydrogen (secondary N) is 1. The summed E-state index contributed by atoms with van der Waals surface area (Å²) in [4.78, 5) is 11.3. The number of aliphatic hydroxyl groups excluding tert-OH is 1. The molecule has 0 bridgehead atoms. The average molecular weight is 248 g/mol. The van der Waals surface area contributed by atoms with Gasteiger partial charge in [0.05, 0.1) is 6.10 Å². The molecule has 0 spiro atoms. The van der Waals surface area contributed by atoms with Gasteiger partial charge in [-0.25, -0.2) is 0 Å². The summed E-state index contributed by atoms with van der Waals surface area (Å²) in [5.74, 6) is 0.0538. The Morgan fingerprint density at radius 2 is 2.17 bits per heavy atom. The standard InChI is InChI=1S/C14H20N2O2/c1-14(2,8-15)13(18)10-3-5-11-9(7-10)4-6-12(17)16-11/h3,5,7,13,18H,4,6,8,15H2,1-2H3,(H,16,17). The molecule has 1 heterocycles. The molecule has 0 saturated carbocycles. The van der Waals surface area contributed by atoms with Crippen LogP contribution < -0.4 is 11.1 Å². The Kier molecular flexibility index (Phi) is 3.41. The van der Waals surface area contributed by atoms with E-state index in [0.29, 0.717) is 13.0 Å². The third-order valence-electron chi connectivity index (χ3n) is 3.61. The minimum atomic E-state index is -0.592. The maximum absolute atomic E-state index is 11.3. The molecule has 4 nitrogen and oxygen atoms in total. The van der Waals surface area contributed by atoms with Crippen molar-refractivity contribution < 1.29 is 9.90 Å². The zero-order valence-corrected chi connectivity index (χ0v) is 10.9. The molecular formula is C14H20N2O2. The molecule has 1 atom stereocenters. The first-order chi connectivity index (χ1) is 8.44. The van der Waals surface area contributed by atoms with E-state index in [1.54, 1.807) is 0 Å². The van der Waals surface area contributed by atoms with Gasteiger partial charge in [0, 0.05) is 24.1 Å². The van der Waals surface area contributed by atoms with Crippen molar-refractivity contribution in [3.63, 3.8) is 0 Å². The van der Waals surface area contributed by atoms with Crippen LogP contribution in [0.25, 0.3) is 0 Å². The molecule has 0 aliphatic carbocycles. The van der Waals surface area contributed by atoms with E-state index in [1.165, 1.54) is 0 Å². The predicted molar refractivity (Wildman–Crippen MR) is 71.2 cm³/mol. The van der Waals surface area contributed by atoms with E-state index in [9.17, 15) is 9.90 Å². The SMILES string of the molecule is CC(C)(CN)C(O)c1ccc2c(c1)CCC(=O)N2. The van der Waals surface area contributed by atoms with Crippen LogP contribution in [0.5, 0.6) is 0 Å². The van der Waals surface area contributed by atoms with E-state index in [1.807, 2.05) is 32.0 Å². The Bertz CT molecular complexity index is 469. The number of carbonyl (C=O) groups excluding carboxylic acids is 1. The van der Waals surface area contributed by atoms with Crippen molar-refractivity contribution >= 4 is 11.6 Å². The van der Waals surface area contributed by atoms with Crippen LogP contribution in [-0.4, -0.2) is 17.6 Å². The fourth-order valence-corrected chi connectivity index (χ4v) is 2.14. The second-order valence-corrected chi connectivity index (χ2v) is 5.56. The lowest BCUT2D eigenvalue weighted by molar-refractivity contribution is -0.116. The van der Waals surface area contributed by atoms with E-state index in [0.717, 1.165) is 23.2 Å². The van der Waals surface area contributed by atoms with Crippen molar-refractivity contribution in [3.8, 4) is 0 Å². The molecule has 4 N–H and O–H groups in total. The van der Waals surface area contributed by atoms with Crippen LogP contribution in [-0.2, 0) is 11.2 Å². The quantitative estimate of drug-likeness (QED) is 0.760. The number of benzene rings is 1. The fraction of sp³-hybridized carbons (Fsp3) is 0.500. The molecule has 1 amide bonds. The summed E-state index contributed by atoms with van der Waals surface area (Å²) in [5, 5.41) is 13.2. The second-order valence-electron chi connectivity index (χ2n) is 5.56. The summed E-state index contributed by atoms with van der Waals surface area (Å²) in [5.41, 5.74) is 8.13. The highest BCUT2D eigenvalue weighted by Crippen LogP contribution is 2.34. The Morgan fingerprint density at radius 1 is 1.44 bits per heavy atom. The van der Waals surface area contributed by atoms with E-state index in [4.69, 9.17) is 5.73 Å². The molecule has 1 aliphatic heterocycles. The highest BCUT2D eigenvalue weighted by molar-refractivity contribution is 5.93. The molecule has 98 valence electrons. The minimum Gasteiger partial charge on any atom is -0.388 e. The number of carbonyl (C=O) groups is 1. The number of anilines is 1. The first-order valence-electron chi connectivity index (χ1n) is 6.25. The van der Waals surface area contributed by atoms with Crippen molar-refractivity contribution in [2.75, 3.05) is 11.9 Å². The lowest BCUT2D eigenvalue weighted by atomic mass is 9.82. The molecule has 1 unspecified atom stereocenters. The zero-order chi connectivity index (χ0) is 13.3.